The van der Waals surface area contributed by atoms with Crippen LogP contribution in [0.3, 0.4) is 0 Å². The zero-order valence-electron chi connectivity index (χ0n) is 15.4. The molecule has 1 amide bonds. The smallest absolute Gasteiger partial charge is 0.250 e. The predicted molar refractivity (Wildman–Crippen MR) is 104 cm³/mol. The van der Waals surface area contributed by atoms with Crippen LogP contribution in [-0.2, 0) is 21.6 Å². The molecule has 2 heterocycles. The third-order valence-corrected chi connectivity index (χ3v) is 5.30. The molecule has 3 atom stereocenters. The van der Waals surface area contributed by atoms with Crippen LogP contribution >= 0.6 is 11.3 Å². The highest BCUT2D eigenvalue weighted by Gasteiger charge is 2.31. The molecule has 3 N–H and O–H groups in total. The molecule has 0 saturated carbocycles. The van der Waals surface area contributed by atoms with E-state index in [1.54, 1.807) is 6.92 Å². The summed E-state index contributed by atoms with van der Waals surface area (Å²) in [6, 6.07) is 9.36. The maximum atomic E-state index is 12.6. The van der Waals surface area contributed by atoms with E-state index in [1.807, 2.05) is 35.7 Å². The summed E-state index contributed by atoms with van der Waals surface area (Å²) in [4.78, 5) is 19.5. The van der Waals surface area contributed by atoms with Crippen LogP contribution in [0.1, 0.15) is 32.0 Å². The summed E-state index contributed by atoms with van der Waals surface area (Å²) < 4.78 is 5.76. The first kappa shape index (κ1) is 19.0. The highest BCUT2D eigenvalue weighted by molar-refractivity contribution is 7.13. The molecule has 1 fully saturated rings. The van der Waals surface area contributed by atoms with Crippen LogP contribution in [0.2, 0.25) is 0 Å². The fourth-order valence-electron chi connectivity index (χ4n) is 3.22. The molecule has 0 spiro atoms. The van der Waals surface area contributed by atoms with E-state index in [9.17, 15) is 4.79 Å². The summed E-state index contributed by atoms with van der Waals surface area (Å²) in [6.07, 6.45) is 0.445. The van der Waals surface area contributed by atoms with Crippen LogP contribution in [0.15, 0.2) is 35.7 Å². The van der Waals surface area contributed by atoms with Gasteiger partial charge in [-0.3, -0.25) is 9.69 Å². The van der Waals surface area contributed by atoms with Crippen molar-refractivity contribution in [2.45, 2.75) is 45.1 Å². The second-order valence-electron chi connectivity index (χ2n) is 7.12. The summed E-state index contributed by atoms with van der Waals surface area (Å²) >= 11 is 1.42. The quantitative estimate of drug-likeness (QED) is 0.841. The van der Waals surface area contributed by atoms with E-state index < -0.39 is 5.54 Å². The van der Waals surface area contributed by atoms with Gasteiger partial charge < -0.3 is 15.8 Å². The Morgan fingerprint density at radius 2 is 2.00 bits per heavy atom. The number of nitrogens with zero attached hydrogens (tertiary/aromatic N) is 2. The van der Waals surface area contributed by atoms with Gasteiger partial charge in [-0.2, -0.15) is 0 Å². The molecular formula is C19H26N4O2S. The lowest BCUT2D eigenvalue weighted by molar-refractivity contribution is -0.120. The number of amides is 1. The van der Waals surface area contributed by atoms with E-state index in [4.69, 9.17) is 10.5 Å². The topological polar surface area (TPSA) is 80.5 Å². The fourth-order valence-corrected chi connectivity index (χ4v) is 3.92. The molecule has 1 aromatic heterocycles. The maximum Gasteiger partial charge on any atom is 0.250 e. The lowest BCUT2D eigenvalue weighted by Crippen LogP contribution is -2.45. The predicted octanol–water partition coefficient (Wildman–Crippen LogP) is 2.56. The summed E-state index contributed by atoms with van der Waals surface area (Å²) in [5.74, 6) is -0.266. The SMILES string of the molecule is CC1CN(Cc2csc(NC(=O)C(C)(N)c3ccccc3)n2)CC(C)O1. The Morgan fingerprint density at radius 1 is 1.35 bits per heavy atom. The second-order valence-corrected chi connectivity index (χ2v) is 7.98. The van der Waals surface area contributed by atoms with Crippen molar-refractivity contribution in [2.75, 3.05) is 18.4 Å². The van der Waals surface area contributed by atoms with E-state index in [0.29, 0.717) is 5.13 Å². The van der Waals surface area contributed by atoms with Crippen molar-refractivity contribution in [2.24, 2.45) is 5.73 Å². The molecular weight excluding hydrogens is 348 g/mol. The number of ether oxygens (including phenoxy) is 1. The Bertz CT molecular complexity index is 737. The average molecular weight is 375 g/mol. The first-order valence-corrected chi connectivity index (χ1v) is 9.70. The van der Waals surface area contributed by atoms with Crippen LogP contribution in [0.4, 0.5) is 5.13 Å². The van der Waals surface area contributed by atoms with Crippen molar-refractivity contribution in [1.29, 1.82) is 0 Å². The lowest BCUT2D eigenvalue weighted by Gasteiger charge is -2.34. The minimum absolute atomic E-state index is 0.223. The molecule has 140 valence electrons. The van der Waals surface area contributed by atoms with Gasteiger partial charge in [-0.05, 0) is 26.3 Å². The molecule has 1 aliphatic rings. The lowest BCUT2D eigenvalue weighted by atomic mass is 9.92. The molecule has 7 heteroatoms. The Kier molecular flexibility index (Phi) is 5.72. The summed E-state index contributed by atoms with van der Waals surface area (Å²) in [7, 11) is 0. The summed E-state index contributed by atoms with van der Waals surface area (Å²) in [6.45, 7) is 8.41. The number of anilines is 1. The minimum Gasteiger partial charge on any atom is -0.373 e. The molecule has 1 aromatic carbocycles. The second kappa shape index (κ2) is 7.84. The first-order valence-electron chi connectivity index (χ1n) is 8.82. The largest absolute Gasteiger partial charge is 0.373 e. The van der Waals surface area contributed by atoms with Crippen molar-refractivity contribution in [3.05, 3.63) is 47.0 Å². The number of carbonyl (C=O) groups excluding carboxylic acids is 1. The molecule has 1 saturated heterocycles. The van der Waals surface area contributed by atoms with Crippen molar-refractivity contribution in [1.82, 2.24) is 9.88 Å². The van der Waals surface area contributed by atoms with E-state index in [1.165, 1.54) is 11.3 Å². The van der Waals surface area contributed by atoms with Crippen molar-refractivity contribution >= 4 is 22.4 Å². The zero-order valence-corrected chi connectivity index (χ0v) is 16.3. The van der Waals surface area contributed by atoms with Crippen LogP contribution < -0.4 is 11.1 Å². The number of rotatable bonds is 5. The number of carbonyl (C=O) groups is 1. The summed E-state index contributed by atoms with van der Waals surface area (Å²) in [5, 5.41) is 5.41. The van der Waals surface area contributed by atoms with Gasteiger partial charge in [0.1, 0.15) is 5.54 Å². The van der Waals surface area contributed by atoms with Gasteiger partial charge >= 0.3 is 0 Å². The monoisotopic (exact) mass is 374 g/mol. The van der Waals surface area contributed by atoms with Crippen LogP contribution in [-0.4, -0.2) is 41.1 Å². The normalized spacial score (nSPS) is 23.4. The third kappa shape index (κ3) is 4.48. The van der Waals surface area contributed by atoms with Gasteiger partial charge in [0.25, 0.3) is 5.91 Å². The Morgan fingerprint density at radius 3 is 2.65 bits per heavy atom. The third-order valence-electron chi connectivity index (χ3n) is 4.50. The number of nitrogens with two attached hydrogens (primary N) is 1. The van der Waals surface area contributed by atoms with Crippen molar-refractivity contribution in [3.8, 4) is 0 Å². The Labute approximate surface area is 158 Å². The minimum atomic E-state index is -1.11. The number of benzene rings is 1. The average Bonchev–Trinajstić information content (AvgIpc) is 3.01. The molecule has 3 unspecified atom stereocenters. The molecule has 0 aliphatic carbocycles. The molecule has 0 radical (unpaired) electrons. The molecule has 26 heavy (non-hydrogen) atoms. The highest BCUT2D eigenvalue weighted by Crippen LogP contribution is 2.23. The number of hydrogen-bond donors (Lipinski definition) is 2. The number of nitrogens with one attached hydrogen (secondary N) is 1. The molecule has 3 rings (SSSR count). The fraction of sp³-hybridized carbons (Fsp3) is 0.474. The first-order chi connectivity index (χ1) is 12.3. The standard InChI is InChI=1S/C19H26N4O2S/c1-13-9-23(10-14(2)25-13)11-16-12-26-18(21-16)22-17(24)19(3,20)15-7-5-4-6-8-15/h4-8,12-14H,9-11,20H2,1-3H3,(H,21,22,24). The Hall–Kier alpha value is -1.80. The van der Waals surface area contributed by atoms with Gasteiger partial charge in [0.2, 0.25) is 0 Å². The van der Waals surface area contributed by atoms with E-state index >= 15 is 0 Å². The van der Waals surface area contributed by atoms with Gasteiger partial charge in [-0.1, -0.05) is 30.3 Å². The van der Waals surface area contributed by atoms with Gasteiger partial charge in [0, 0.05) is 25.0 Å². The number of morpholine rings is 1. The van der Waals surface area contributed by atoms with Crippen molar-refractivity contribution in [3.63, 3.8) is 0 Å². The highest BCUT2D eigenvalue weighted by atomic mass is 32.1. The number of aromatic nitrogens is 1. The van der Waals surface area contributed by atoms with E-state index in [-0.39, 0.29) is 18.1 Å². The van der Waals surface area contributed by atoms with E-state index in [2.05, 4.69) is 29.0 Å². The Balaban J connectivity index is 1.62. The van der Waals surface area contributed by atoms with Gasteiger partial charge in [-0.25, -0.2) is 4.98 Å². The van der Waals surface area contributed by atoms with Crippen LogP contribution in [0, 0.1) is 0 Å². The molecule has 2 aromatic rings. The van der Waals surface area contributed by atoms with Gasteiger partial charge in [0.15, 0.2) is 5.13 Å². The molecule has 1 aliphatic heterocycles. The number of thiazole rings is 1. The van der Waals surface area contributed by atoms with Crippen molar-refractivity contribution < 1.29 is 9.53 Å². The van der Waals surface area contributed by atoms with E-state index in [0.717, 1.165) is 30.9 Å². The van der Waals surface area contributed by atoms with Gasteiger partial charge in [-0.15, -0.1) is 11.3 Å². The zero-order chi connectivity index (χ0) is 18.7. The molecule has 6 nitrogen and oxygen atoms in total. The number of hydrogen-bond acceptors (Lipinski definition) is 6. The van der Waals surface area contributed by atoms with Crippen LogP contribution in [0.5, 0.6) is 0 Å². The summed E-state index contributed by atoms with van der Waals surface area (Å²) in [5.41, 5.74) is 6.87. The van der Waals surface area contributed by atoms with Crippen LogP contribution in [0.25, 0.3) is 0 Å². The maximum absolute atomic E-state index is 12.6. The molecule has 0 bridgehead atoms. The van der Waals surface area contributed by atoms with Gasteiger partial charge in [0.05, 0.1) is 17.9 Å².